The van der Waals surface area contributed by atoms with Gasteiger partial charge < -0.3 is 15.4 Å². The molecular formula is C25H27F3N2O3. The van der Waals surface area contributed by atoms with Gasteiger partial charge in [-0.25, -0.2) is 13.2 Å². The van der Waals surface area contributed by atoms with Gasteiger partial charge in [-0.2, -0.15) is 0 Å². The Morgan fingerprint density at radius 3 is 2.36 bits per heavy atom. The van der Waals surface area contributed by atoms with Gasteiger partial charge in [0.1, 0.15) is 17.5 Å². The zero-order valence-electron chi connectivity index (χ0n) is 18.8. The number of esters is 1. The van der Waals surface area contributed by atoms with Crippen LogP contribution >= 0.6 is 0 Å². The molecule has 2 aromatic rings. The van der Waals surface area contributed by atoms with Crippen molar-refractivity contribution in [2.75, 3.05) is 0 Å². The summed E-state index contributed by atoms with van der Waals surface area (Å²) in [5, 5.41) is 0. The summed E-state index contributed by atoms with van der Waals surface area (Å²) in [4.78, 5) is 26.6. The maximum Gasteiger partial charge on any atom is 0.303 e. The number of carbonyl (C=O) groups is 2. The number of fused-ring (bicyclic) bond motifs is 2. The smallest absolute Gasteiger partial charge is 0.303 e. The molecule has 2 atom stereocenters. The van der Waals surface area contributed by atoms with Crippen molar-refractivity contribution in [2.24, 2.45) is 11.7 Å². The zero-order valence-corrected chi connectivity index (χ0v) is 18.8. The number of nitrogens with zero attached hydrogens (tertiary/aromatic N) is 1. The number of amides is 1. The summed E-state index contributed by atoms with van der Waals surface area (Å²) in [6.45, 7) is 4.30. The quantitative estimate of drug-likeness (QED) is 0.686. The van der Waals surface area contributed by atoms with Crippen molar-refractivity contribution in [3.8, 4) is 11.1 Å². The van der Waals surface area contributed by atoms with E-state index in [-0.39, 0.29) is 41.5 Å². The molecule has 176 valence electrons. The average molecular weight is 460 g/mol. The third kappa shape index (κ3) is 4.36. The van der Waals surface area contributed by atoms with Gasteiger partial charge in [0.05, 0.1) is 6.04 Å². The fraction of sp³-hybridized carbons (Fsp3) is 0.440. The van der Waals surface area contributed by atoms with Crippen LogP contribution in [-0.4, -0.2) is 40.5 Å². The van der Waals surface area contributed by atoms with Crippen LogP contribution in [0.1, 0.15) is 39.2 Å². The van der Waals surface area contributed by atoms with Crippen molar-refractivity contribution >= 4 is 11.9 Å². The lowest BCUT2D eigenvalue weighted by molar-refractivity contribution is -0.178. The number of carbonyl (C=O) groups excluding carboxylic acids is 2. The van der Waals surface area contributed by atoms with Crippen LogP contribution in [0.5, 0.6) is 0 Å². The number of hydrogen-bond donors (Lipinski definition) is 1. The van der Waals surface area contributed by atoms with Crippen LogP contribution < -0.4 is 5.73 Å². The van der Waals surface area contributed by atoms with Crippen molar-refractivity contribution in [3.63, 3.8) is 0 Å². The normalized spacial score (nSPS) is 24.3. The summed E-state index contributed by atoms with van der Waals surface area (Å²) in [5.41, 5.74) is 5.56. The molecule has 33 heavy (non-hydrogen) atoms. The van der Waals surface area contributed by atoms with E-state index in [1.165, 1.54) is 26.8 Å². The Balaban J connectivity index is 1.67. The van der Waals surface area contributed by atoms with E-state index in [0.717, 1.165) is 31.0 Å². The summed E-state index contributed by atoms with van der Waals surface area (Å²) in [6.07, 6.45) is 1.64. The maximum absolute atomic E-state index is 15.5. The molecule has 2 aliphatic heterocycles. The van der Waals surface area contributed by atoms with Crippen LogP contribution in [-0.2, 0) is 20.7 Å². The van der Waals surface area contributed by atoms with Gasteiger partial charge in [-0.3, -0.25) is 9.59 Å². The van der Waals surface area contributed by atoms with Crippen molar-refractivity contribution in [1.82, 2.24) is 4.90 Å². The molecule has 0 spiro atoms. The summed E-state index contributed by atoms with van der Waals surface area (Å²) >= 11 is 0. The van der Waals surface area contributed by atoms with E-state index in [2.05, 4.69) is 0 Å². The lowest BCUT2D eigenvalue weighted by Crippen LogP contribution is -2.71. The fourth-order valence-electron chi connectivity index (χ4n) is 5.10. The Bertz CT molecular complexity index is 1080. The third-order valence-corrected chi connectivity index (χ3v) is 6.72. The van der Waals surface area contributed by atoms with Gasteiger partial charge >= 0.3 is 5.97 Å². The molecule has 2 N–H and O–H groups in total. The number of rotatable bonds is 5. The Hall–Kier alpha value is -2.87. The first-order valence-corrected chi connectivity index (χ1v) is 11.0. The second-order valence-electron chi connectivity index (χ2n) is 9.49. The molecule has 3 aliphatic rings. The molecular weight excluding hydrogens is 433 g/mol. The lowest BCUT2D eigenvalue weighted by atomic mass is 9.66. The second-order valence-corrected chi connectivity index (χ2v) is 9.49. The molecule has 5 nitrogen and oxygen atoms in total. The second kappa shape index (κ2) is 8.48. The SMILES string of the molecule is CC(=O)OC(C)(C)C(=O)N1C2CC(C2)C(N)C1Cc1cccc(-c2cc(F)cc(F)c2)c1F. The van der Waals surface area contributed by atoms with E-state index >= 15 is 4.39 Å². The largest absolute Gasteiger partial charge is 0.450 e. The maximum atomic E-state index is 15.5. The van der Waals surface area contributed by atoms with Crippen LogP contribution in [0.4, 0.5) is 13.2 Å². The molecule has 8 heteroatoms. The predicted octanol–water partition coefficient (Wildman–Crippen LogP) is 3.97. The Morgan fingerprint density at radius 1 is 1.12 bits per heavy atom. The van der Waals surface area contributed by atoms with E-state index in [0.29, 0.717) is 5.56 Å². The van der Waals surface area contributed by atoms with Crippen LogP contribution in [0.25, 0.3) is 11.1 Å². The lowest BCUT2D eigenvalue weighted by Gasteiger charge is -2.58. The summed E-state index contributed by atoms with van der Waals surface area (Å²) in [6, 6.07) is 6.60. The van der Waals surface area contributed by atoms with Crippen molar-refractivity contribution in [3.05, 3.63) is 59.4 Å². The minimum absolute atomic E-state index is 0.0503. The van der Waals surface area contributed by atoms with Gasteiger partial charge in [0.15, 0.2) is 5.60 Å². The number of ether oxygens (including phenoxy) is 1. The molecule has 0 radical (unpaired) electrons. The van der Waals surface area contributed by atoms with Crippen LogP contribution in [0.15, 0.2) is 36.4 Å². The van der Waals surface area contributed by atoms with Gasteiger partial charge in [0.25, 0.3) is 5.91 Å². The summed E-state index contributed by atoms with van der Waals surface area (Å²) in [7, 11) is 0. The monoisotopic (exact) mass is 460 g/mol. The molecule has 1 saturated carbocycles. The summed E-state index contributed by atoms with van der Waals surface area (Å²) in [5.74, 6) is -2.92. The highest BCUT2D eigenvalue weighted by atomic mass is 19.1. The number of hydrogen-bond acceptors (Lipinski definition) is 4. The molecule has 2 heterocycles. The molecule has 2 aromatic carbocycles. The highest BCUT2D eigenvalue weighted by molar-refractivity contribution is 5.87. The number of piperidine rings is 2. The highest BCUT2D eigenvalue weighted by Gasteiger charge is 2.53. The van der Waals surface area contributed by atoms with Crippen molar-refractivity contribution in [1.29, 1.82) is 0 Å². The standard InChI is InChI=1S/C25H27F3N2O3/c1-13(31)33-25(2,3)24(32)30-19-9-16(10-19)23(29)21(30)11-14-5-4-6-20(22(14)28)15-7-17(26)12-18(27)8-15/h4-8,12,16,19,21,23H,9-11,29H2,1-3H3. The van der Waals surface area contributed by atoms with E-state index in [9.17, 15) is 18.4 Å². The Labute approximate surface area is 190 Å². The Morgan fingerprint density at radius 2 is 1.76 bits per heavy atom. The number of nitrogens with two attached hydrogens (primary N) is 1. The summed E-state index contributed by atoms with van der Waals surface area (Å²) < 4.78 is 48.1. The topological polar surface area (TPSA) is 72.6 Å². The van der Waals surface area contributed by atoms with Crippen LogP contribution in [0, 0.1) is 23.4 Å². The van der Waals surface area contributed by atoms with Gasteiger partial charge in [-0.1, -0.05) is 18.2 Å². The van der Waals surface area contributed by atoms with Crippen molar-refractivity contribution < 1.29 is 27.5 Å². The Kier molecular flexibility index (Phi) is 5.99. The van der Waals surface area contributed by atoms with E-state index in [1.807, 2.05) is 0 Å². The minimum atomic E-state index is -1.38. The van der Waals surface area contributed by atoms with Crippen LogP contribution in [0.2, 0.25) is 0 Å². The fourth-order valence-corrected chi connectivity index (χ4v) is 5.10. The molecule has 5 rings (SSSR count). The first-order valence-electron chi connectivity index (χ1n) is 11.0. The van der Waals surface area contributed by atoms with Crippen LogP contribution in [0.3, 0.4) is 0 Å². The van der Waals surface area contributed by atoms with Crippen molar-refractivity contribution in [2.45, 2.75) is 63.8 Å². The third-order valence-electron chi connectivity index (χ3n) is 6.72. The van der Waals surface area contributed by atoms with E-state index in [4.69, 9.17) is 10.5 Å². The van der Waals surface area contributed by atoms with Gasteiger partial charge in [0.2, 0.25) is 0 Å². The average Bonchev–Trinajstić information content (AvgIpc) is 2.67. The van der Waals surface area contributed by atoms with Gasteiger partial charge in [-0.05, 0) is 62.3 Å². The molecule has 2 saturated heterocycles. The van der Waals surface area contributed by atoms with E-state index < -0.39 is 35.1 Å². The molecule has 1 aliphatic carbocycles. The zero-order chi connectivity index (χ0) is 24.1. The molecule has 0 aromatic heterocycles. The minimum Gasteiger partial charge on any atom is -0.450 e. The first-order chi connectivity index (χ1) is 15.5. The van der Waals surface area contributed by atoms with Gasteiger partial charge in [-0.15, -0.1) is 0 Å². The molecule has 2 bridgehead atoms. The molecule has 3 fully saturated rings. The van der Waals surface area contributed by atoms with Gasteiger partial charge in [0, 0.05) is 30.6 Å². The highest BCUT2D eigenvalue weighted by Crippen LogP contribution is 2.44. The number of benzene rings is 2. The molecule has 2 unspecified atom stereocenters. The van der Waals surface area contributed by atoms with E-state index in [1.54, 1.807) is 17.0 Å². The number of halogens is 3. The first kappa shape index (κ1) is 23.3. The molecule has 1 amide bonds. The predicted molar refractivity (Wildman–Crippen MR) is 116 cm³/mol.